The second-order valence-corrected chi connectivity index (χ2v) is 9.86. The highest BCUT2D eigenvalue weighted by atomic mass is 32.2. The SMILES string of the molecule is O=CC(Cc1ccccc1)NC(=O)c1ccc(CS(=O)(=O)c2ccc3ccccc3c2)cc1. The molecule has 5 nitrogen and oxygen atoms in total. The van der Waals surface area contributed by atoms with Crippen molar-refractivity contribution >= 4 is 32.8 Å². The molecule has 4 aromatic carbocycles. The molecule has 0 saturated carbocycles. The van der Waals surface area contributed by atoms with Gasteiger partial charge in [0.15, 0.2) is 9.84 Å². The fourth-order valence-electron chi connectivity index (χ4n) is 3.67. The summed E-state index contributed by atoms with van der Waals surface area (Å²) in [5.41, 5.74) is 1.89. The third kappa shape index (κ3) is 5.54. The number of hydrogen-bond donors (Lipinski definition) is 1. The molecule has 0 fully saturated rings. The minimum atomic E-state index is -3.54. The quantitative estimate of drug-likeness (QED) is 0.399. The molecule has 0 aliphatic rings. The summed E-state index contributed by atoms with van der Waals surface area (Å²) in [5, 5.41) is 4.56. The van der Waals surface area contributed by atoms with E-state index in [0.29, 0.717) is 17.5 Å². The number of nitrogens with one attached hydrogen (secondary N) is 1. The molecule has 0 spiro atoms. The summed E-state index contributed by atoms with van der Waals surface area (Å²) in [5.74, 6) is -0.551. The molecule has 1 unspecified atom stereocenters. The molecule has 4 aromatic rings. The van der Waals surface area contributed by atoms with Crippen LogP contribution in [-0.2, 0) is 26.8 Å². The number of carbonyl (C=O) groups excluding carboxylic acids is 2. The average molecular weight is 458 g/mol. The minimum absolute atomic E-state index is 0.168. The molecule has 0 aromatic heterocycles. The van der Waals surface area contributed by atoms with E-state index in [1.807, 2.05) is 54.6 Å². The van der Waals surface area contributed by atoms with E-state index in [-0.39, 0.29) is 16.6 Å². The van der Waals surface area contributed by atoms with Gasteiger partial charge in [0, 0.05) is 5.56 Å². The van der Waals surface area contributed by atoms with Gasteiger partial charge in [0.25, 0.3) is 5.91 Å². The van der Waals surface area contributed by atoms with E-state index in [1.165, 1.54) is 0 Å². The first-order valence-corrected chi connectivity index (χ1v) is 12.2. The zero-order valence-corrected chi connectivity index (χ0v) is 18.7. The van der Waals surface area contributed by atoms with Crippen LogP contribution in [0.4, 0.5) is 0 Å². The lowest BCUT2D eigenvalue weighted by molar-refractivity contribution is -0.109. The standard InChI is InChI=1S/C27H23NO4S/c29-18-25(16-20-6-2-1-3-7-20)28-27(30)23-12-10-21(11-13-23)19-33(31,32)26-15-14-22-8-4-5-9-24(22)17-26/h1-15,17-18,25H,16,19H2,(H,28,30). The summed E-state index contributed by atoms with van der Waals surface area (Å²) >= 11 is 0. The maximum Gasteiger partial charge on any atom is 0.251 e. The summed E-state index contributed by atoms with van der Waals surface area (Å²) in [6.07, 6.45) is 1.12. The van der Waals surface area contributed by atoms with E-state index in [1.54, 1.807) is 42.5 Å². The number of sulfone groups is 1. The van der Waals surface area contributed by atoms with Gasteiger partial charge in [-0.2, -0.15) is 0 Å². The van der Waals surface area contributed by atoms with Gasteiger partial charge in [0.2, 0.25) is 0 Å². The van der Waals surface area contributed by atoms with Gasteiger partial charge in [-0.05, 0) is 52.6 Å². The van der Waals surface area contributed by atoms with Crippen LogP contribution in [0.3, 0.4) is 0 Å². The van der Waals surface area contributed by atoms with Crippen molar-refractivity contribution in [2.45, 2.75) is 23.1 Å². The first-order chi connectivity index (χ1) is 15.9. The molecule has 1 atom stereocenters. The van der Waals surface area contributed by atoms with E-state index in [9.17, 15) is 18.0 Å². The van der Waals surface area contributed by atoms with Crippen molar-refractivity contribution < 1.29 is 18.0 Å². The van der Waals surface area contributed by atoms with Crippen LogP contribution in [0.1, 0.15) is 21.5 Å². The topological polar surface area (TPSA) is 80.3 Å². The predicted molar refractivity (Wildman–Crippen MR) is 129 cm³/mol. The molecular weight excluding hydrogens is 434 g/mol. The van der Waals surface area contributed by atoms with E-state index in [4.69, 9.17) is 0 Å². The molecule has 33 heavy (non-hydrogen) atoms. The van der Waals surface area contributed by atoms with Crippen molar-refractivity contribution in [3.63, 3.8) is 0 Å². The summed E-state index contributed by atoms with van der Waals surface area (Å²) < 4.78 is 25.8. The molecule has 1 amide bonds. The van der Waals surface area contributed by atoms with Crippen LogP contribution in [0.2, 0.25) is 0 Å². The first kappa shape index (κ1) is 22.4. The van der Waals surface area contributed by atoms with Crippen LogP contribution in [0.15, 0.2) is 102 Å². The molecule has 0 aliphatic heterocycles. The number of hydrogen-bond acceptors (Lipinski definition) is 4. The number of benzene rings is 4. The van der Waals surface area contributed by atoms with Gasteiger partial charge in [0.1, 0.15) is 6.29 Å². The highest BCUT2D eigenvalue weighted by molar-refractivity contribution is 7.90. The Morgan fingerprint density at radius 1 is 0.788 bits per heavy atom. The molecule has 1 N–H and O–H groups in total. The average Bonchev–Trinajstić information content (AvgIpc) is 2.84. The summed E-state index contributed by atoms with van der Waals surface area (Å²) in [6.45, 7) is 0. The number of carbonyl (C=O) groups is 2. The largest absolute Gasteiger partial charge is 0.342 e. The maximum absolute atomic E-state index is 12.9. The second-order valence-electron chi connectivity index (χ2n) is 7.87. The molecule has 0 heterocycles. The van der Waals surface area contributed by atoms with Gasteiger partial charge in [-0.3, -0.25) is 4.79 Å². The lowest BCUT2D eigenvalue weighted by atomic mass is 10.1. The zero-order chi connectivity index (χ0) is 23.3. The molecule has 166 valence electrons. The van der Waals surface area contributed by atoms with Crippen LogP contribution >= 0.6 is 0 Å². The van der Waals surface area contributed by atoms with Crippen LogP contribution in [0, 0.1) is 0 Å². The molecule has 0 radical (unpaired) electrons. The Kier molecular flexibility index (Phi) is 6.66. The van der Waals surface area contributed by atoms with Gasteiger partial charge in [-0.1, -0.05) is 72.8 Å². The molecular formula is C27H23NO4S. The lowest BCUT2D eigenvalue weighted by Gasteiger charge is -2.13. The van der Waals surface area contributed by atoms with Gasteiger partial charge < -0.3 is 10.1 Å². The lowest BCUT2D eigenvalue weighted by Crippen LogP contribution is -2.37. The van der Waals surface area contributed by atoms with E-state index in [0.717, 1.165) is 22.6 Å². The van der Waals surface area contributed by atoms with E-state index >= 15 is 0 Å². The predicted octanol–water partition coefficient (Wildman–Crippen LogP) is 4.35. The maximum atomic E-state index is 12.9. The summed E-state index contributed by atoms with van der Waals surface area (Å²) in [4.78, 5) is 24.2. The Morgan fingerprint density at radius 3 is 2.15 bits per heavy atom. The Hall–Kier alpha value is -3.77. The Balaban J connectivity index is 1.43. The molecule has 6 heteroatoms. The van der Waals surface area contributed by atoms with Gasteiger partial charge in [0.05, 0.1) is 16.7 Å². The summed E-state index contributed by atoms with van der Waals surface area (Å²) in [7, 11) is -3.54. The Morgan fingerprint density at radius 2 is 1.45 bits per heavy atom. The highest BCUT2D eigenvalue weighted by Gasteiger charge is 2.17. The van der Waals surface area contributed by atoms with Crippen molar-refractivity contribution in [3.8, 4) is 0 Å². The second kappa shape index (κ2) is 9.79. The molecule has 4 rings (SSSR count). The zero-order valence-electron chi connectivity index (χ0n) is 17.8. The van der Waals surface area contributed by atoms with Crippen molar-refractivity contribution in [2.24, 2.45) is 0 Å². The van der Waals surface area contributed by atoms with Crippen molar-refractivity contribution in [2.75, 3.05) is 0 Å². The number of rotatable bonds is 8. The van der Waals surface area contributed by atoms with Gasteiger partial charge in [-0.15, -0.1) is 0 Å². The number of fused-ring (bicyclic) bond motifs is 1. The number of amides is 1. The first-order valence-electron chi connectivity index (χ1n) is 10.6. The smallest absolute Gasteiger partial charge is 0.251 e. The van der Waals surface area contributed by atoms with Crippen molar-refractivity contribution in [3.05, 3.63) is 114 Å². The highest BCUT2D eigenvalue weighted by Crippen LogP contribution is 2.22. The Labute approximate surface area is 193 Å². The molecule has 0 saturated heterocycles. The monoisotopic (exact) mass is 457 g/mol. The van der Waals surface area contributed by atoms with Crippen LogP contribution in [-0.4, -0.2) is 26.7 Å². The normalized spacial score (nSPS) is 12.2. The molecule has 0 aliphatic carbocycles. The minimum Gasteiger partial charge on any atom is -0.342 e. The van der Waals surface area contributed by atoms with Crippen molar-refractivity contribution in [1.82, 2.24) is 5.32 Å². The third-order valence-corrected chi connectivity index (χ3v) is 7.12. The van der Waals surface area contributed by atoms with Gasteiger partial charge in [-0.25, -0.2) is 8.42 Å². The third-order valence-electron chi connectivity index (χ3n) is 5.43. The van der Waals surface area contributed by atoms with Crippen LogP contribution in [0.5, 0.6) is 0 Å². The van der Waals surface area contributed by atoms with Crippen LogP contribution < -0.4 is 5.32 Å². The Bertz CT molecular complexity index is 1380. The van der Waals surface area contributed by atoms with Crippen LogP contribution in [0.25, 0.3) is 10.8 Å². The van der Waals surface area contributed by atoms with E-state index in [2.05, 4.69) is 5.32 Å². The number of aldehydes is 1. The van der Waals surface area contributed by atoms with E-state index < -0.39 is 15.9 Å². The van der Waals surface area contributed by atoms with Crippen molar-refractivity contribution in [1.29, 1.82) is 0 Å². The summed E-state index contributed by atoms with van der Waals surface area (Å²) in [6, 6.07) is 27.9. The fraction of sp³-hybridized carbons (Fsp3) is 0.111. The van der Waals surface area contributed by atoms with Gasteiger partial charge >= 0.3 is 0 Å². The fourth-order valence-corrected chi connectivity index (χ4v) is 5.05. The molecule has 0 bridgehead atoms.